The van der Waals surface area contributed by atoms with Crippen LogP contribution in [0.3, 0.4) is 0 Å². The van der Waals surface area contributed by atoms with E-state index >= 15 is 0 Å². The molecule has 1 heterocycles. The summed E-state index contributed by atoms with van der Waals surface area (Å²) in [6.07, 6.45) is -4.48. The molecule has 1 fully saturated rings. The van der Waals surface area contributed by atoms with Crippen LogP contribution >= 0.6 is 11.6 Å². The number of hydrogen-bond donors (Lipinski definition) is 2. The van der Waals surface area contributed by atoms with Crippen LogP contribution in [0.2, 0.25) is 5.02 Å². The Morgan fingerprint density at radius 2 is 1.74 bits per heavy atom. The number of amides is 1. The van der Waals surface area contributed by atoms with Gasteiger partial charge in [-0.25, -0.2) is 0 Å². The van der Waals surface area contributed by atoms with Crippen molar-refractivity contribution in [2.75, 3.05) is 43.4 Å². The minimum Gasteiger partial charge on any atom is -0.359 e. The Kier molecular flexibility index (Phi) is 5.62. The number of likely N-dealkylation sites (N-methyl/N-ethyl adjacent to an activating group) is 1. The quantitative estimate of drug-likeness (QED) is 0.834. The molecule has 1 saturated heterocycles. The molecule has 0 bridgehead atoms. The molecular formula is C19H20ClF3N3O+. The molecular weight excluding hydrogens is 379 g/mol. The van der Waals surface area contributed by atoms with Gasteiger partial charge in [-0.2, -0.15) is 13.2 Å². The second-order valence-electron chi connectivity index (χ2n) is 6.63. The number of carbonyl (C=O) groups excluding carboxylic acids is 1. The average Bonchev–Trinajstić information content (AvgIpc) is 2.62. The van der Waals surface area contributed by atoms with Gasteiger partial charge in [-0.1, -0.05) is 11.6 Å². The fourth-order valence-corrected chi connectivity index (χ4v) is 3.14. The minimum absolute atomic E-state index is 0.157. The fraction of sp³-hybridized carbons (Fsp3) is 0.316. The molecule has 0 radical (unpaired) electrons. The maximum Gasteiger partial charge on any atom is 0.416 e. The molecule has 2 N–H and O–H groups in total. The van der Waals surface area contributed by atoms with Gasteiger partial charge in [-0.05, 0) is 42.5 Å². The van der Waals surface area contributed by atoms with E-state index in [1.165, 1.54) is 23.1 Å². The molecule has 1 aliphatic heterocycles. The van der Waals surface area contributed by atoms with E-state index in [0.29, 0.717) is 29.4 Å². The first-order valence-electron chi connectivity index (χ1n) is 8.58. The molecule has 144 valence electrons. The zero-order valence-electron chi connectivity index (χ0n) is 14.7. The largest absolute Gasteiger partial charge is 0.416 e. The highest BCUT2D eigenvalue weighted by molar-refractivity contribution is 6.30. The van der Waals surface area contributed by atoms with Gasteiger partial charge in [0.15, 0.2) is 0 Å². The van der Waals surface area contributed by atoms with Crippen molar-refractivity contribution >= 4 is 28.9 Å². The standard InChI is InChI=1S/C19H19ClF3N3O/c1-25-8-10-26(11-9-25)17-7-4-14(19(21,22)23)12-16(17)24-18(27)13-2-5-15(20)6-3-13/h2-7,12H,8-11H2,1H3,(H,24,27)/p+1. The van der Waals surface area contributed by atoms with Crippen molar-refractivity contribution in [3.05, 3.63) is 58.6 Å². The predicted octanol–water partition coefficient (Wildman–Crippen LogP) is 2.95. The van der Waals surface area contributed by atoms with E-state index in [0.717, 1.165) is 25.2 Å². The molecule has 2 aromatic rings. The first-order valence-corrected chi connectivity index (χ1v) is 8.96. The molecule has 0 unspecified atom stereocenters. The Labute approximate surface area is 160 Å². The summed E-state index contributed by atoms with van der Waals surface area (Å²) in [6, 6.07) is 9.67. The Hall–Kier alpha value is -2.25. The number of carbonyl (C=O) groups is 1. The summed E-state index contributed by atoms with van der Waals surface area (Å²) in [4.78, 5) is 15.9. The first-order chi connectivity index (χ1) is 12.7. The highest BCUT2D eigenvalue weighted by Crippen LogP contribution is 2.35. The van der Waals surface area contributed by atoms with E-state index in [1.54, 1.807) is 12.1 Å². The van der Waals surface area contributed by atoms with Gasteiger partial charge in [0.1, 0.15) is 0 Å². The molecule has 0 aliphatic carbocycles. The van der Waals surface area contributed by atoms with Gasteiger partial charge in [-0.15, -0.1) is 0 Å². The third-order valence-corrected chi connectivity index (χ3v) is 4.89. The van der Waals surface area contributed by atoms with Gasteiger partial charge in [0.25, 0.3) is 5.91 Å². The highest BCUT2D eigenvalue weighted by Gasteiger charge is 2.32. The third kappa shape index (κ3) is 4.73. The van der Waals surface area contributed by atoms with E-state index in [-0.39, 0.29) is 5.69 Å². The molecule has 0 atom stereocenters. The van der Waals surface area contributed by atoms with Crippen molar-refractivity contribution in [3.8, 4) is 0 Å². The summed E-state index contributed by atoms with van der Waals surface area (Å²) >= 11 is 5.82. The number of hydrogen-bond acceptors (Lipinski definition) is 2. The summed E-state index contributed by atoms with van der Waals surface area (Å²) in [5, 5.41) is 3.11. The van der Waals surface area contributed by atoms with Crippen LogP contribution in [0.1, 0.15) is 15.9 Å². The monoisotopic (exact) mass is 398 g/mol. The number of benzene rings is 2. The van der Waals surface area contributed by atoms with E-state index < -0.39 is 17.6 Å². The van der Waals surface area contributed by atoms with Gasteiger partial charge < -0.3 is 15.1 Å². The smallest absolute Gasteiger partial charge is 0.359 e. The number of rotatable bonds is 3. The van der Waals surface area contributed by atoms with Crippen molar-refractivity contribution in [1.82, 2.24) is 0 Å². The van der Waals surface area contributed by atoms with Crippen LogP contribution in [-0.2, 0) is 6.18 Å². The summed E-state index contributed by atoms with van der Waals surface area (Å²) < 4.78 is 39.5. The van der Waals surface area contributed by atoms with Crippen LogP contribution in [0.15, 0.2) is 42.5 Å². The van der Waals surface area contributed by atoms with E-state index in [9.17, 15) is 18.0 Å². The Morgan fingerprint density at radius 3 is 2.33 bits per heavy atom. The van der Waals surface area contributed by atoms with Gasteiger partial charge in [0.2, 0.25) is 0 Å². The fourth-order valence-electron chi connectivity index (χ4n) is 3.01. The number of alkyl halides is 3. The molecule has 0 aromatic heterocycles. The first kappa shape index (κ1) is 19.5. The average molecular weight is 399 g/mol. The Balaban J connectivity index is 1.92. The molecule has 1 aliphatic rings. The lowest BCUT2D eigenvalue weighted by Gasteiger charge is -2.33. The number of anilines is 2. The maximum absolute atomic E-state index is 13.2. The molecule has 27 heavy (non-hydrogen) atoms. The second kappa shape index (κ2) is 7.78. The van der Waals surface area contributed by atoms with Gasteiger partial charge in [0.05, 0.1) is 50.2 Å². The summed E-state index contributed by atoms with van der Waals surface area (Å²) in [7, 11) is 2.08. The molecule has 3 rings (SSSR count). The normalized spacial score (nSPS) is 15.7. The van der Waals surface area contributed by atoms with Crippen LogP contribution in [0.5, 0.6) is 0 Å². The van der Waals surface area contributed by atoms with Gasteiger partial charge >= 0.3 is 6.18 Å². The summed E-state index contributed by atoms with van der Waals surface area (Å²) in [5.74, 6) is -0.480. The lowest BCUT2D eigenvalue weighted by Crippen LogP contribution is -3.12. The lowest BCUT2D eigenvalue weighted by molar-refractivity contribution is -0.880. The minimum atomic E-state index is -4.48. The Bertz CT molecular complexity index is 816. The number of nitrogens with one attached hydrogen (secondary N) is 2. The lowest BCUT2D eigenvalue weighted by atomic mass is 10.1. The second-order valence-corrected chi connectivity index (χ2v) is 7.07. The van der Waals surface area contributed by atoms with Gasteiger partial charge in [0, 0.05) is 10.6 Å². The van der Waals surface area contributed by atoms with Crippen LogP contribution in [0.4, 0.5) is 24.5 Å². The third-order valence-electron chi connectivity index (χ3n) is 4.64. The molecule has 2 aromatic carbocycles. The van der Waals surface area contributed by atoms with Crippen LogP contribution in [0.25, 0.3) is 0 Å². The number of halogens is 4. The molecule has 4 nitrogen and oxygen atoms in total. The zero-order chi connectivity index (χ0) is 19.6. The SMILES string of the molecule is C[NH+]1CCN(c2ccc(C(F)(F)F)cc2NC(=O)c2ccc(Cl)cc2)CC1. The van der Waals surface area contributed by atoms with Crippen molar-refractivity contribution in [1.29, 1.82) is 0 Å². The summed E-state index contributed by atoms with van der Waals surface area (Å²) in [5.41, 5.74) is 0.283. The molecule has 8 heteroatoms. The molecule has 0 spiro atoms. The van der Waals surface area contributed by atoms with Crippen molar-refractivity contribution in [2.45, 2.75) is 6.18 Å². The molecule has 1 amide bonds. The Morgan fingerprint density at radius 1 is 1.11 bits per heavy atom. The van der Waals surface area contributed by atoms with Gasteiger partial charge in [-0.3, -0.25) is 4.79 Å². The molecule has 0 saturated carbocycles. The topological polar surface area (TPSA) is 36.8 Å². The zero-order valence-corrected chi connectivity index (χ0v) is 15.5. The van der Waals surface area contributed by atoms with Crippen molar-refractivity contribution < 1.29 is 22.9 Å². The van der Waals surface area contributed by atoms with Crippen LogP contribution in [-0.4, -0.2) is 39.1 Å². The van der Waals surface area contributed by atoms with E-state index in [4.69, 9.17) is 11.6 Å². The number of piperazine rings is 1. The summed E-state index contributed by atoms with van der Waals surface area (Å²) in [6.45, 7) is 3.18. The van der Waals surface area contributed by atoms with Crippen molar-refractivity contribution in [3.63, 3.8) is 0 Å². The number of nitrogens with zero attached hydrogens (tertiary/aromatic N) is 1. The highest BCUT2D eigenvalue weighted by atomic mass is 35.5. The van der Waals surface area contributed by atoms with E-state index in [2.05, 4.69) is 12.4 Å². The van der Waals surface area contributed by atoms with Crippen LogP contribution < -0.4 is 15.1 Å². The number of quaternary nitrogens is 1. The van der Waals surface area contributed by atoms with Crippen LogP contribution in [0, 0.1) is 0 Å². The van der Waals surface area contributed by atoms with E-state index in [1.807, 2.05) is 4.90 Å². The maximum atomic E-state index is 13.2. The predicted molar refractivity (Wildman–Crippen MR) is 99.7 cm³/mol. The van der Waals surface area contributed by atoms with Crippen molar-refractivity contribution in [2.24, 2.45) is 0 Å².